The summed E-state index contributed by atoms with van der Waals surface area (Å²) >= 11 is 0. The van der Waals surface area contributed by atoms with Crippen LogP contribution in [0.5, 0.6) is 0 Å². The van der Waals surface area contributed by atoms with Crippen LogP contribution in [0.2, 0.25) is 0 Å². The summed E-state index contributed by atoms with van der Waals surface area (Å²) in [6, 6.07) is 1.90. The number of carbonyl (C=O) groups excluding carboxylic acids is 1. The Hall–Kier alpha value is -1.25. The molecule has 3 nitrogen and oxygen atoms in total. The second-order valence-electron chi connectivity index (χ2n) is 4.15. The Balaban J connectivity index is 1.94. The van der Waals surface area contributed by atoms with Gasteiger partial charge in [-0.25, -0.2) is 0 Å². The van der Waals surface area contributed by atoms with Crippen molar-refractivity contribution in [1.82, 2.24) is 4.90 Å². The van der Waals surface area contributed by atoms with E-state index in [1.807, 2.05) is 17.9 Å². The summed E-state index contributed by atoms with van der Waals surface area (Å²) in [7, 11) is 0. The van der Waals surface area contributed by atoms with Crippen LogP contribution in [-0.2, 0) is 11.2 Å². The second-order valence-corrected chi connectivity index (χ2v) is 4.15. The first-order chi connectivity index (χ1) is 7.27. The van der Waals surface area contributed by atoms with Gasteiger partial charge in [0, 0.05) is 13.1 Å². The van der Waals surface area contributed by atoms with Crippen LogP contribution in [-0.4, -0.2) is 23.9 Å². The van der Waals surface area contributed by atoms with Gasteiger partial charge < -0.3 is 9.32 Å². The van der Waals surface area contributed by atoms with Crippen LogP contribution in [0.25, 0.3) is 0 Å². The molecule has 0 radical (unpaired) electrons. The van der Waals surface area contributed by atoms with E-state index >= 15 is 0 Å². The highest BCUT2D eigenvalue weighted by Crippen LogP contribution is 2.14. The van der Waals surface area contributed by atoms with Gasteiger partial charge in [0.05, 0.1) is 12.7 Å². The van der Waals surface area contributed by atoms with Crippen molar-refractivity contribution in [3.63, 3.8) is 0 Å². The van der Waals surface area contributed by atoms with Crippen LogP contribution >= 0.6 is 0 Å². The fraction of sp³-hybridized carbons (Fsp3) is 0.583. The lowest BCUT2D eigenvalue weighted by molar-refractivity contribution is -0.131. The predicted octanol–water partition coefficient (Wildman–Crippen LogP) is 2.14. The fourth-order valence-corrected chi connectivity index (χ4v) is 1.98. The van der Waals surface area contributed by atoms with Crippen molar-refractivity contribution < 1.29 is 9.21 Å². The first-order valence-electron chi connectivity index (χ1n) is 5.58. The van der Waals surface area contributed by atoms with Crippen LogP contribution in [0.15, 0.2) is 16.7 Å². The summed E-state index contributed by atoms with van der Waals surface area (Å²) in [5.74, 6) is 1.01. The Morgan fingerprint density at radius 2 is 2.13 bits per heavy atom. The van der Waals surface area contributed by atoms with Crippen LogP contribution in [0, 0.1) is 6.92 Å². The Morgan fingerprint density at radius 3 is 2.73 bits per heavy atom. The van der Waals surface area contributed by atoms with Gasteiger partial charge in [-0.1, -0.05) is 0 Å². The average molecular weight is 207 g/mol. The lowest BCUT2D eigenvalue weighted by atomic mass is 10.1. The largest absolute Gasteiger partial charge is 0.469 e. The minimum absolute atomic E-state index is 0.202. The van der Waals surface area contributed by atoms with Gasteiger partial charge in [-0.15, -0.1) is 0 Å². The number of amides is 1. The fourth-order valence-electron chi connectivity index (χ4n) is 1.98. The smallest absolute Gasteiger partial charge is 0.230 e. The molecule has 1 fully saturated rings. The minimum Gasteiger partial charge on any atom is -0.469 e. The zero-order valence-corrected chi connectivity index (χ0v) is 9.16. The molecule has 3 heteroatoms. The predicted molar refractivity (Wildman–Crippen MR) is 57.6 cm³/mol. The number of hydrogen-bond donors (Lipinski definition) is 0. The van der Waals surface area contributed by atoms with Crippen LogP contribution in [0.1, 0.15) is 30.6 Å². The molecule has 2 heterocycles. The third-order valence-corrected chi connectivity index (χ3v) is 2.99. The first kappa shape index (κ1) is 10.3. The minimum atomic E-state index is 0.202. The number of piperidine rings is 1. The Bertz CT molecular complexity index is 337. The molecule has 1 saturated heterocycles. The maximum atomic E-state index is 11.9. The quantitative estimate of drug-likeness (QED) is 0.744. The second kappa shape index (κ2) is 4.51. The monoisotopic (exact) mass is 207 g/mol. The van der Waals surface area contributed by atoms with E-state index in [1.54, 1.807) is 6.26 Å². The molecule has 0 bridgehead atoms. The molecule has 15 heavy (non-hydrogen) atoms. The molecule has 0 atom stereocenters. The van der Waals surface area contributed by atoms with E-state index in [4.69, 9.17) is 4.42 Å². The van der Waals surface area contributed by atoms with Crippen molar-refractivity contribution in [1.29, 1.82) is 0 Å². The van der Waals surface area contributed by atoms with E-state index in [0.717, 1.165) is 37.3 Å². The summed E-state index contributed by atoms with van der Waals surface area (Å²) < 4.78 is 5.28. The SMILES string of the molecule is Cc1ccoc1CC(=O)N1CCCCC1. The van der Waals surface area contributed by atoms with Crippen molar-refractivity contribution >= 4 is 5.91 Å². The molecule has 1 aromatic heterocycles. The van der Waals surface area contributed by atoms with Gasteiger partial charge in [0.15, 0.2) is 0 Å². The number of carbonyl (C=O) groups is 1. The summed E-state index contributed by atoms with van der Waals surface area (Å²) in [5, 5.41) is 0. The maximum absolute atomic E-state index is 11.9. The molecule has 0 spiro atoms. The van der Waals surface area contributed by atoms with E-state index in [0.29, 0.717) is 6.42 Å². The lowest BCUT2D eigenvalue weighted by Crippen LogP contribution is -2.36. The van der Waals surface area contributed by atoms with Crippen LogP contribution in [0.4, 0.5) is 0 Å². The van der Waals surface area contributed by atoms with Crippen LogP contribution < -0.4 is 0 Å². The van der Waals surface area contributed by atoms with Crippen molar-refractivity contribution in [3.05, 3.63) is 23.7 Å². The molecule has 1 amide bonds. The number of likely N-dealkylation sites (tertiary alicyclic amines) is 1. The molecule has 2 rings (SSSR count). The highest BCUT2D eigenvalue weighted by molar-refractivity contribution is 5.78. The molecule has 1 aliphatic rings. The van der Waals surface area contributed by atoms with E-state index in [-0.39, 0.29) is 5.91 Å². The van der Waals surface area contributed by atoms with E-state index in [2.05, 4.69) is 0 Å². The highest BCUT2D eigenvalue weighted by Gasteiger charge is 2.18. The Kier molecular flexibility index (Phi) is 3.09. The topological polar surface area (TPSA) is 33.5 Å². The van der Waals surface area contributed by atoms with Crippen molar-refractivity contribution in [3.8, 4) is 0 Å². The van der Waals surface area contributed by atoms with Gasteiger partial charge >= 0.3 is 0 Å². The number of nitrogens with zero attached hydrogens (tertiary/aromatic N) is 1. The average Bonchev–Trinajstić information content (AvgIpc) is 2.66. The maximum Gasteiger partial charge on any atom is 0.230 e. The number of furan rings is 1. The molecular formula is C12H17NO2. The highest BCUT2D eigenvalue weighted by atomic mass is 16.3. The number of aryl methyl sites for hydroxylation is 1. The summed E-state index contributed by atoms with van der Waals surface area (Å²) in [5.41, 5.74) is 1.07. The number of rotatable bonds is 2. The molecule has 0 N–H and O–H groups in total. The van der Waals surface area contributed by atoms with E-state index in [9.17, 15) is 4.79 Å². The van der Waals surface area contributed by atoms with Crippen molar-refractivity contribution in [2.24, 2.45) is 0 Å². The third kappa shape index (κ3) is 2.41. The zero-order chi connectivity index (χ0) is 10.7. The summed E-state index contributed by atoms with van der Waals surface area (Å²) in [4.78, 5) is 13.8. The molecule has 0 saturated carbocycles. The van der Waals surface area contributed by atoms with Crippen LogP contribution in [0.3, 0.4) is 0 Å². The molecule has 0 aliphatic carbocycles. The van der Waals surface area contributed by atoms with Gasteiger partial charge in [-0.2, -0.15) is 0 Å². The number of hydrogen-bond acceptors (Lipinski definition) is 2. The normalized spacial score (nSPS) is 16.7. The summed E-state index contributed by atoms with van der Waals surface area (Å²) in [6.07, 6.45) is 5.60. The molecule has 1 aromatic rings. The molecule has 0 unspecified atom stereocenters. The van der Waals surface area contributed by atoms with Crippen molar-refractivity contribution in [2.75, 3.05) is 13.1 Å². The van der Waals surface area contributed by atoms with E-state index < -0.39 is 0 Å². The lowest BCUT2D eigenvalue weighted by Gasteiger charge is -2.26. The van der Waals surface area contributed by atoms with Gasteiger partial charge in [-0.3, -0.25) is 4.79 Å². The molecule has 1 aliphatic heterocycles. The summed E-state index contributed by atoms with van der Waals surface area (Å²) in [6.45, 7) is 3.81. The molecule has 0 aromatic carbocycles. The van der Waals surface area contributed by atoms with Gasteiger partial charge in [0.1, 0.15) is 5.76 Å². The van der Waals surface area contributed by atoms with Gasteiger partial charge in [0.2, 0.25) is 5.91 Å². The standard InChI is InChI=1S/C12H17NO2/c1-10-5-8-15-11(10)9-12(14)13-6-3-2-4-7-13/h5,8H,2-4,6-7,9H2,1H3. The zero-order valence-electron chi connectivity index (χ0n) is 9.16. The van der Waals surface area contributed by atoms with Gasteiger partial charge in [-0.05, 0) is 37.8 Å². The Morgan fingerprint density at radius 1 is 1.40 bits per heavy atom. The van der Waals surface area contributed by atoms with E-state index in [1.165, 1.54) is 6.42 Å². The third-order valence-electron chi connectivity index (χ3n) is 2.99. The van der Waals surface area contributed by atoms with Crippen molar-refractivity contribution in [2.45, 2.75) is 32.6 Å². The Labute approximate surface area is 90.1 Å². The van der Waals surface area contributed by atoms with Gasteiger partial charge in [0.25, 0.3) is 0 Å². The molecule has 82 valence electrons. The first-order valence-corrected chi connectivity index (χ1v) is 5.58. The molecular weight excluding hydrogens is 190 g/mol.